The maximum atomic E-state index is 10.9. The molecule has 2 unspecified atom stereocenters. The van der Waals surface area contributed by atoms with Crippen molar-refractivity contribution in [3.8, 4) is 0 Å². The lowest BCUT2D eigenvalue weighted by Gasteiger charge is -2.23. The van der Waals surface area contributed by atoms with E-state index in [-0.39, 0.29) is 11.5 Å². The van der Waals surface area contributed by atoms with Crippen molar-refractivity contribution >= 4 is 28.9 Å². The first kappa shape index (κ1) is 19.7. The molecule has 2 N–H and O–H groups in total. The number of unbranched alkanes of at least 4 members (excludes halogenated alkanes) is 3. The van der Waals surface area contributed by atoms with Crippen molar-refractivity contribution in [2.45, 2.75) is 76.2 Å². The first-order valence-corrected chi connectivity index (χ1v) is 10.4. The van der Waals surface area contributed by atoms with Crippen molar-refractivity contribution in [1.29, 1.82) is 0 Å². The van der Waals surface area contributed by atoms with Gasteiger partial charge >= 0.3 is 5.97 Å². The van der Waals surface area contributed by atoms with Gasteiger partial charge in [-0.05, 0) is 56.1 Å². The summed E-state index contributed by atoms with van der Waals surface area (Å²) in [6.07, 6.45) is 9.39. The molecule has 1 saturated carbocycles. The minimum Gasteiger partial charge on any atom is -0.477 e. The first-order chi connectivity index (χ1) is 11.5. The van der Waals surface area contributed by atoms with Crippen LogP contribution < -0.4 is 0 Å². The fraction of sp³-hybridized carbons (Fsp3) is 0.737. The average Bonchev–Trinajstić information content (AvgIpc) is 3.10. The number of carboxylic acid groups (broad SMARTS) is 1. The molecule has 24 heavy (non-hydrogen) atoms. The number of aliphatic hydroxyl groups excluding tert-OH is 1. The van der Waals surface area contributed by atoms with Gasteiger partial charge in [0.1, 0.15) is 4.88 Å². The minimum absolute atomic E-state index is 0.0779. The number of thiophene rings is 1. The molecule has 0 bridgehead atoms. The van der Waals surface area contributed by atoms with E-state index in [0.29, 0.717) is 23.1 Å². The highest BCUT2D eigenvalue weighted by atomic mass is 35.5. The molecular weight excluding hydrogens is 344 g/mol. The van der Waals surface area contributed by atoms with Crippen LogP contribution in [0.25, 0.3) is 0 Å². The predicted molar refractivity (Wildman–Crippen MR) is 100 cm³/mol. The van der Waals surface area contributed by atoms with Gasteiger partial charge in [-0.3, -0.25) is 0 Å². The molecule has 1 heterocycles. The van der Waals surface area contributed by atoms with Crippen molar-refractivity contribution in [3.05, 3.63) is 21.9 Å². The summed E-state index contributed by atoms with van der Waals surface area (Å²) in [4.78, 5) is 12.5. The first-order valence-electron chi connectivity index (χ1n) is 9.17. The zero-order valence-electron chi connectivity index (χ0n) is 14.4. The molecule has 136 valence electrons. The van der Waals surface area contributed by atoms with Crippen molar-refractivity contribution in [1.82, 2.24) is 0 Å². The van der Waals surface area contributed by atoms with Crippen LogP contribution in [-0.2, 0) is 6.42 Å². The van der Waals surface area contributed by atoms with Crippen LogP contribution in [0.3, 0.4) is 0 Å². The van der Waals surface area contributed by atoms with Crippen LogP contribution in [0.15, 0.2) is 12.1 Å². The normalized spacial score (nSPS) is 26.8. The third-order valence-electron chi connectivity index (χ3n) is 5.20. The number of rotatable bonds is 10. The highest BCUT2D eigenvalue weighted by Gasteiger charge is 2.40. The summed E-state index contributed by atoms with van der Waals surface area (Å²) in [6.45, 7) is 2.21. The van der Waals surface area contributed by atoms with Gasteiger partial charge in [0.25, 0.3) is 0 Å². The third kappa shape index (κ3) is 5.47. The highest BCUT2D eigenvalue weighted by Crippen LogP contribution is 2.42. The van der Waals surface area contributed by atoms with Gasteiger partial charge < -0.3 is 10.2 Å². The van der Waals surface area contributed by atoms with E-state index in [1.807, 2.05) is 6.07 Å². The molecule has 0 aliphatic heterocycles. The second kappa shape index (κ2) is 9.79. The summed E-state index contributed by atoms with van der Waals surface area (Å²) >= 11 is 7.86. The molecule has 1 fully saturated rings. The Morgan fingerprint density at radius 2 is 1.96 bits per heavy atom. The van der Waals surface area contributed by atoms with E-state index < -0.39 is 5.97 Å². The number of halogens is 1. The van der Waals surface area contributed by atoms with Crippen molar-refractivity contribution in [2.75, 3.05) is 0 Å². The highest BCUT2D eigenvalue weighted by molar-refractivity contribution is 7.13. The second-order valence-electron chi connectivity index (χ2n) is 6.96. The van der Waals surface area contributed by atoms with E-state index in [1.165, 1.54) is 37.0 Å². The Morgan fingerprint density at radius 1 is 1.21 bits per heavy atom. The molecule has 1 aromatic heterocycles. The number of alkyl halides is 1. The Balaban J connectivity index is 1.80. The van der Waals surface area contributed by atoms with Crippen LogP contribution in [0.2, 0.25) is 0 Å². The summed E-state index contributed by atoms with van der Waals surface area (Å²) in [5.41, 5.74) is 0. The number of carboxylic acids is 1. The van der Waals surface area contributed by atoms with Crippen LogP contribution in [0.1, 0.15) is 72.8 Å². The molecule has 1 aliphatic rings. The quantitative estimate of drug-likeness (QED) is 0.430. The van der Waals surface area contributed by atoms with Crippen LogP contribution >= 0.6 is 22.9 Å². The van der Waals surface area contributed by atoms with E-state index in [9.17, 15) is 9.90 Å². The summed E-state index contributed by atoms with van der Waals surface area (Å²) in [5, 5.41) is 19.4. The Labute approximate surface area is 154 Å². The smallest absolute Gasteiger partial charge is 0.345 e. The molecule has 0 spiro atoms. The molecule has 5 heteroatoms. The van der Waals surface area contributed by atoms with Gasteiger partial charge in [-0.15, -0.1) is 22.9 Å². The number of carbonyl (C=O) groups is 1. The Hall–Kier alpha value is -0.580. The van der Waals surface area contributed by atoms with E-state index >= 15 is 0 Å². The fourth-order valence-corrected chi connectivity index (χ4v) is 5.27. The van der Waals surface area contributed by atoms with Crippen molar-refractivity contribution in [3.63, 3.8) is 0 Å². The van der Waals surface area contributed by atoms with Gasteiger partial charge in [-0.1, -0.05) is 32.6 Å². The average molecular weight is 373 g/mol. The zero-order chi connectivity index (χ0) is 17.5. The lowest BCUT2D eigenvalue weighted by Crippen LogP contribution is -2.21. The Morgan fingerprint density at radius 3 is 2.62 bits per heavy atom. The van der Waals surface area contributed by atoms with Gasteiger partial charge in [0.2, 0.25) is 0 Å². The van der Waals surface area contributed by atoms with E-state index in [0.717, 1.165) is 30.6 Å². The molecule has 0 aromatic carbocycles. The summed E-state index contributed by atoms with van der Waals surface area (Å²) in [6, 6.07) is 3.60. The largest absolute Gasteiger partial charge is 0.477 e. The summed E-state index contributed by atoms with van der Waals surface area (Å²) in [5.74, 6) is -0.123. The maximum absolute atomic E-state index is 10.9. The molecule has 1 aromatic rings. The third-order valence-corrected chi connectivity index (χ3v) is 6.83. The lowest BCUT2D eigenvalue weighted by molar-refractivity contribution is 0.0702. The fourth-order valence-electron chi connectivity index (χ4n) is 3.88. The van der Waals surface area contributed by atoms with Gasteiger partial charge in [-0.25, -0.2) is 4.79 Å². The Bertz CT molecular complexity index is 516. The predicted octanol–water partition coefficient (Wildman–Crippen LogP) is 5.34. The van der Waals surface area contributed by atoms with Crippen molar-refractivity contribution in [2.24, 2.45) is 11.8 Å². The number of aromatic carboxylic acids is 1. The maximum Gasteiger partial charge on any atom is 0.345 e. The van der Waals surface area contributed by atoms with Crippen LogP contribution in [0.4, 0.5) is 0 Å². The van der Waals surface area contributed by atoms with Crippen LogP contribution in [0.5, 0.6) is 0 Å². The number of hydrogen-bond donors (Lipinski definition) is 2. The molecule has 2 rings (SSSR count). The molecule has 3 nitrogen and oxygen atoms in total. The molecule has 4 atom stereocenters. The van der Waals surface area contributed by atoms with Gasteiger partial charge in [0.15, 0.2) is 0 Å². The van der Waals surface area contributed by atoms with E-state index in [1.54, 1.807) is 6.07 Å². The SMILES string of the molecule is CCCCCCC1[C@@H](CCCc2ccc(C(=O)O)s2)C(Cl)C[C@H]1O. The van der Waals surface area contributed by atoms with Crippen molar-refractivity contribution < 1.29 is 15.0 Å². The summed E-state index contributed by atoms with van der Waals surface area (Å²) in [7, 11) is 0. The molecule has 0 amide bonds. The Kier molecular flexibility index (Phi) is 8.05. The number of aliphatic hydroxyl groups is 1. The van der Waals surface area contributed by atoms with Crippen LogP contribution in [-0.4, -0.2) is 27.7 Å². The van der Waals surface area contributed by atoms with Crippen LogP contribution in [0, 0.1) is 11.8 Å². The van der Waals surface area contributed by atoms with Gasteiger partial charge in [-0.2, -0.15) is 0 Å². The molecule has 0 saturated heterocycles. The van der Waals surface area contributed by atoms with Gasteiger partial charge in [0.05, 0.1) is 6.10 Å². The summed E-state index contributed by atoms with van der Waals surface area (Å²) < 4.78 is 0. The van der Waals surface area contributed by atoms with E-state index in [4.69, 9.17) is 16.7 Å². The number of hydrogen-bond acceptors (Lipinski definition) is 3. The molecule has 1 aliphatic carbocycles. The standard InChI is InChI=1S/C19H29ClO3S/c1-2-3-4-5-8-15-14(16(20)12-17(15)21)9-6-7-13-10-11-18(24-13)19(22)23/h10-11,14-17,21H,2-9,12H2,1H3,(H,22,23)/t14-,15?,16?,17-/m1/s1. The number of aryl methyl sites for hydroxylation is 1. The molecule has 0 radical (unpaired) electrons. The topological polar surface area (TPSA) is 57.5 Å². The zero-order valence-corrected chi connectivity index (χ0v) is 16.0. The van der Waals surface area contributed by atoms with Gasteiger partial charge in [0, 0.05) is 10.3 Å². The monoisotopic (exact) mass is 372 g/mol. The van der Waals surface area contributed by atoms with E-state index in [2.05, 4.69) is 6.92 Å². The second-order valence-corrected chi connectivity index (χ2v) is 8.69. The lowest BCUT2D eigenvalue weighted by atomic mass is 9.86. The minimum atomic E-state index is -0.849. The molecular formula is C19H29ClO3S.